The Balaban J connectivity index is 2.33. The molecule has 2 N–H and O–H groups in total. The first-order chi connectivity index (χ1) is 7.59. The third-order valence-corrected chi connectivity index (χ3v) is 3.25. The zero-order valence-electron chi connectivity index (χ0n) is 8.84. The number of aliphatic carboxylic acids is 1. The van der Waals surface area contributed by atoms with Crippen LogP contribution < -0.4 is 5.32 Å². The highest BCUT2D eigenvalue weighted by molar-refractivity contribution is 8.22. The zero-order chi connectivity index (χ0) is 12.0. The largest absolute Gasteiger partial charge is 0.480 e. The monoisotopic (exact) mass is 255 g/mol. The van der Waals surface area contributed by atoms with Gasteiger partial charge in [-0.1, -0.05) is 54.3 Å². The second kappa shape index (κ2) is 6.50. The lowest BCUT2D eigenvalue weighted by Crippen LogP contribution is -2.36. The number of thiocarbonyl (C=S) groups is 1. The highest BCUT2D eigenvalue weighted by Gasteiger charge is 2.11. The highest BCUT2D eigenvalue weighted by Crippen LogP contribution is 2.12. The number of hydrogen-bond donors (Lipinski definition) is 2. The molecule has 0 aliphatic heterocycles. The summed E-state index contributed by atoms with van der Waals surface area (Å²) < 4.78 is 0.513. The van der Waals surface area contributed by atoms with Gasteiger partial charge >= 0.3 is 5.97 Å². The fraction of sp³-hybridized carbons (Fsp3) is 0.273. The van der Waals surface area contributed by atoms with E-state index in [0.717, 1.165) is 5.75 Å². The summed E-state index contributed by atoms with van der Waals surface area (Å²) in [5.41, 5.74) is 1.17. The molecule has 1 aromatic carbocycles. The van der Waals surface area contributed by atoms with Gasteiger partial charge in [0, 0.05) is 5.75 Å². The molecule has 3 nitrogen and oxygen atoms in total. The molecule has 0 saturated carbocycles. The smallest absolute Gasteiger partial charge is 0.325 e. The van der Waals surface area contributed by atoms with Gasteiger partial charge in [0.05, 0.1) is 0 Å². The van der Waals surface area contributed by atoms with Crippen LogP contribution in [0.4, 0.5) is 0 Å². The lowest BCUT2D eigenvalue weighted by Gasteiger charge is -2.10. The maximum absolute atomic E-state index is 10.6. The molecule has 1 aromatic rings. The molecule has 16 heavy (non-hydrogen) atoms. The second-order valence-electron chi connectivity index (χ2n) is 3.27. The second-order valence-corrected chi connectivity index (χ2v) is 4.92. The van der Waals surface area contributed by atoms with Gasteiger partial charge in [0.25, 0.3) is 0 Å². The van der Waals surface area contributed by atoms with E-state index in [1.807, 2.05) is 30.3 Å². The van der Waals surface area contributed by atoms with Crippen molar-refractivity contribution in [3.05, 3.63) is 35.9 Å². The quantitative estimate of drug-likeness (QED) is 0.808. The minimum Gasteiger partial charge on any atom is -0.480 e. The summed E-state index contributed by atoms with van der Waals surface area (Å²) in [6, 6.07) is 9.26. The molecule has 0 fully saturated rings. The molecule has 0 saturated heterocycles. The van der Waals surface area contributed by atoms with E-state index in [-0.39, 0.29) is 0 Å². The van der Waals surface area contributed by atoms with Gasteiger partial charge in [-0.15, -0.1) is 0 Å². The number of nitrogens with one attached hydrogen (secondary N) is 1. The minimum atomic E-state index is -0.900. The van der Waals surface area contributed by atoms with Crippen LogP contribution in [0.5, 0.6) is 0 Å². The standard InChI is InChI=1S/C11H13NO2S2/c1-8(10(13)14)12-11(15)16-7-9-5-3-2-4-6-9/h2-6,8H,7H2,1H3,(H,12,15)(H,13,14). The predicted octanol–water partition coefficient (Wildman–Crippen LogP) is 2.27. The summed E-state index contributed by atoms with van der Waals surface area (Å²) in [7, 11) is 0. The van der Waals surface area contributed by atoms with Crippen molar-refractivity contribution in [2.45, 2.75) is 18.7 Å². The molecular formula is C11H13NO2S2. The van der Waals surface area contributed by atoms with E-state index in [1.165, 1.54) is 17.3 Å². The molecule has 1 unspecified atom stereocenters. The van der Waals surface area contributed by atoms with E-state index in [9.17, 15) is 4.79 Å². The first-order valence-corrected chi connectivity index (χ1v) is 6.19. The Bertz CT molecular complexity index is 368. The Kier molecular flexibility index (Phi) is 5.28. The normalized spacial score (nSPS) is 11.8. The Morgan fingerprint density at radius 2 is 2.12 bits per heavy atom. The van der Waals surface area contributed by atoms with Crippen molar-refractivity contribution in [2.75, 3.05) is 0 Å². The Labute approximate surface area is 104 Å². The molecule has 86 valence electrons. The Morgan fingerprint density at radius 3 is 2.69 bits per heavy atom. The van der Waals surface area contributed by atoms with Crippen LogP contribution in [0.15, 0.2) is 30.3 Å². The van der Waals surface area contributed by atoms with E-state index in [4.69, 9.17) is 17.3 Å². The van der Waals surface area contributed by atoms with Crippen LogP contribution in [0.2, 0.25) is 0 Å². The van der Waals surface area contributed by atoms with Gasteiger partial charge in [-0.2, -0.15) is 0 Å². The van der Waals surface area contributed by atoms with Crippen LogP contribution in [0.1, 0.15) is 12.5 Å². The van der Waals surface area contributed by atoms with Crippen LogP contribution in [0.3, 0.4) is 0 Å². The molecule has 0 bridgehead atoms. The minimum absolute atomic E-state index is 0.513. The number of carbonyl (C=O) groups is 1. The van der Waals surface area contributed by atoms with Crippen molar-refractivity contribution in [1.82, 2.24) is 5.32 Å². The number of carboxylic acids is 1. The summed E-state index contributed by atoms with van der Waals surface area (Å²) in [6.45, 7) is 1.57. The summed E-state index contributed by atoms with van der Waals surface area (Å²) in [6.07, 6.45) is 0. The van der Waals surface area contributed by atoms with Gasteiger partial charge in [-0.05, 0) is 12.5 Å². The topological polar surface area (TPSA) is 49.3 Å². The molecule has 0 spiro atoms. The molecule has 1 rings (SSSR count). The average Bonchev–Trinajstić information content (AvgIpc) is 2.27. The molecule has 5 heteroatoms. The van der Waals surface area contributed by atoms with E-state index < -0.39 is 12.0 Å². The van der Waals surface area contributed by atoms with Gasteiger partial charge in [0.15, 0.2) is 0 Å². The molecule has 0 radical (unpaired) electrons. The lowest BCUT2D eigenvalue weighted by molar-refractivity contribution is -0.138. The fourth-order valence-electron chi connectivity index (χ4n) is 1.00. The molecule has 0 amide bonds. The summed E-state index contributed by atoms with van der Waals surface area (Å²) in [5, 5.41) is 11.4. The van der Waals surface area contributed by atoms with E-state index in [2.05, 4.69) is 5.32 Å². The van der Waals surface area contributed by atoms with Gasteiger partial charge in [-0.3, -0.25) is 4.79 Å². The van der Waals surface area contributed by atoms with Gasteiger partial charge in [-0.25, -0.2) is 0 Å². The van der Waals surface area contributed by atoms with Crippen molar-refractivity contribution < 1.29 is 9.90 Å². The maximum atomic E-state index is 10.6. The number of carboxylic acid groups (broad SMARTS) is 1. The molecule has 0 heterocycles. The number of thioether (sulfide) groups is 1. The van der Waals surface area contributed by atoms with Gasteiger partial charge in [0.2, 0.25) is 0 Å². The Morgan fingerprint density at radius 1 is 1.50 bits per heavy atom. The third kappa shape index (κ3) is 4.63. The summed E-state index contributed by atoms with van der Waals surface area (Å²) >= 11 is 6.47. The molecule has 0 aliphatic carbocycles. The molecular weight excluding hydrogens is 242 g/mol. The van der Waals surface area contributed by atoms with Crippen LogP contribution in [-0.2, 0) is 10.5 Å². The molecule has 1 atom stereocenters. The van der Waals surface area contributed by atoms with E-state index in [0.29, 0.717) is 4.32 Å². The first kappa shape index (κ1) is 13.0. The SMILES string of the molecule is CC(NC(=S)SCc1ccccc1)C(=O)O. The van der Waals surface area contributed by atoms with Crippen LogP contribution in [0.25, 0.3) is 0 Å². The van der Waals surface area contributed by atoms with Crippen LogP contribution in [0, 0.1) is 0 Å². The van der Waals surface area contributed by atoms with Crippen LogP contribution >= 0.6 is 24.0 Å². The van der Waals surface area contributed by atoms with Crippen molar-refractivity contribution in [1.29, 1.82) is 0 Å². The fourth-order valence-corrected chi connectivity index (χ4v) is 2.11. The van der Waals surface area contributed by atoms with Gasteiger partial charge < -0.3 is 10.4 Å². The van der Waals surface area contributed by atoms with Gasteiger partial charge in [0.1, 0.15) is 10.4 Å². The molecule has 0 aliphatic rings. The third-order valence-electron chi connectivity index (χ3n) is 1.92. The summed E-state index contributed by atoms with van der Waals surface area (Å²) in [4.78, 5) is 10.6. The first-order valence-electron chi connectivity index (χ1n) is 4.79. The van der Waals surface area contributed by atoms with Crippen molar-refractivity contribution in [3.8, 4) is 0 Å². The average molecular weight is 255 g/mol. The van der Waals surface area contributed by atoms with E-state index in [1.54, 1.807) is 6.92 Å². The Hall–Kier alpha value is -1.07. The highest BCUT2D eigenvalue weighted by atomic mass is 32.2. The van der Waals surface area contributed by atoms with Crippen LogP contribution in [-0.4, -0.2) is 21.4 Å². The van der Waals surface area contributed by atoms with E-state index >= 15 is 0 Å². The number of rotatable bonds is 4. The summed E-state index contributed by atoms with van der Waals surface area (Å²) in [5.74, 6) is -0.151. The lowest BCUT2D eigenvalue weighted by atomic mass is 10.2. The maximum Gasteiger partial charge on any atom is 0.325 e. The van der Waals surface area contributed by atoms with Crippen molar-refractivity contribution >= 4 is 34.3 Å². The number of hydrogen-bond acceptors (Lipinski definition) is 3. The number of benzene rings is 1. The zero-order valence-corrected chi connectivity index (χ0v) is 10.5. The molecule has 0 aromatic heterocycles. The predicted molar refractivity (Wildman–Crippen MR) is 70.6 cm³/mol. The van der Waals surface area contributed by atoms with Crippen molar-refractivity contribution in [3.63, 3.8) is 0 Å². The van der Waals surface area contributed by atoms with Crippen molar-refractivity contribution in [2.24, 2.45) is 0 Å².